The van der Waals surface area contributed by atoms with Gasteiger partial charge in [0, 0.05) is 6.04 Å². The Hall–Kier alpha value is -0.920. The molecule has 1 heterocycles. The number of aliphatic imine (C=N–C) groups is 1. The number of hydrogen-bond acceptors (Lipinski definition) is 3. The first-order valence-electron chi connectivity index (χ1n) is 6.35. The molecule has 3 amide bonds. The van der Waals surface area contributed by atoms with E-state index in [1.54, 1.807) is 6.08 Å². The van der Waals surface area contributed by atoms with Gasteiger partial charge >= 0.3 is 6.03 Å². The van der Waals surface area contributed by atoms with E-state index in [0.29, 0.717) is 12.3 Å². The highest BCUT2D eigenvalue weighted by Gasteiger charge is 2.45. The van der Waals surface area contributed by atoms with Crippen molar-refractivity contribution in [1.29, 1.82) is 0 Å². The van der Waals surface area contributed by atoms with Crippen LogP contribution in [0.3, 0.4) is 0 Å². The Kier molecular flexibility index (Phi) is 5.51. The summed E-state index contributed by atoms with van der Waals surface area (Å²) >= 11 is 1.90. The van der Waals surface area contributed by atoms with Crippen LogP contribution in [0.1, 0.15) is 41.0 Å². The van der Waals surface area contributed by atoms with Crippen LogP contribution in [-0.4, -0.2) is 37.9 Å². The first-order chi connectivity index (χ1) is 8.79. The molecule has 0 N–H and O–H groups in total. The summed E-state index contributed by atoms with van der Waals surface area (Å²) in [6, 6.07) is -0.681. The van der Waals surface area contributed by atoms with Gasteiger partial charge in [0.25, 0.3) is 5.91 Å². The van der Waals surface area contributed by atoms with Gasteiger partial charge in [-0.2, -0.15) is 0 Å². The van der Waals surface area contributed by atoms with Gasteiger partial charge in [0.15, 0.2) is 0 Å². The van der Waals surface area contributed by atoms with E-state index in [1.807, 2.05) is 57.5 Å². The molecule has 5 nitrogen and oxygen atoms in total. The molecule has 106 valence electrons. The van der Waals surface area contributed by atoms with E-state index in [2.05, 4.69) is 4.99 Å². The molecule has 0 aliphatic carbocycles. The summed E-state index contributed by atoms with van der Waals surface area (Å²) in [4.78, 5) is 30.1. The number of allylic oxidation sites excluding steroid dienone is 1. The van der Waals surface area contributed by atoms with Crippen LogP contribution >= 0.6 is 22.9 Å². The van der Waals surface area contributed by atoms with Crippen LogP contribution in [0.15, 0.2) is 16.6 Å². The monoisotopic (exact) mass is 377 g/mol. The van der Waals surface area contributed by atoms with Crippen molar-refractivity contribution in [3.8, 4) is 0 Å². The summed E-state index contributed by atoms with van der Waals surface area (Å²) in [6.07, 6.45) is 2.38. The lowest BCUT2D eigenvalue weighted by atomic mass is 10.2. The molecular weight excluding hydrogens is 357 g/mol. The Morgan fingerprint density at radius 3 is 2.37 bits per heavy atom. The van der Waals surface area contributed by atoms with Gasteiger partial charge in [0.1, 0.15) is 11.9 Å². The fourth-order valence-electron chi connectivity index (χ4n) is 1.80. The Bertz CT molecular complexity index is 439. The number of urea groups is 1. The van der Waals surface area contributed by atoms with E-state index >= 15 is 0 Å². The molecular formula is C13H20IN3O2. The minimum absolute atomic E-state index is 0.0227. The highest BCUT2D eigenvalue weighted by Crippen LogP contribution is 2.25. The van der Waals surface area contributed by atoms with Crippen molar-refractivity contribution in [3.05, 3.63) is 11.6 Å². The molecule has 1 aliphatic rings. The van der Waals surface area contributed by atoms with Crippen molar-refractivity contribution in [2.45, 2.75) is 53.1 Å². The highest BCUT2D eigenvalue weighted by molar-refractivity contribution is 14.1. The lowest BCUT2D eigenvalue weighted by Crippen LogP contribution is -2.37. The van der Waals surface area contributed by atoms with Crippen LogP contribution < -0.4 is 0 Å². The molecule has 0 bridgehead atoms. The third kappa shape index (κ3) is 3.55. The fourth-order valence-corrected chi connectivity index (χ4v) is 2.65. The second kappa shape index (κ2) is 6.49. The van der Waals surface area contributed by atoms with Gasteiger partial charge in [0.2, 0.25) is 0 Å². The first-order valence-corrected chi connectivity index (χ1v) is 7.31. The van der Waals surface area contributed by atoms with E-state index < -0.39 is 6.04 Å². The van der Waals surface area contributed by atoms with Gasteiger partial charge in [-0.3, -0.25) is 12.9 Å². The largest absolute Gasteiger partial charge is 0.342 e. The van der Waals surface area contributed by atoms with E-state index in [-0.39, 0.29) is 18.0 Å². The van der Waals surface area contributed by atoms with Crippen molar-refractivity contribution < 1.29 is 9.59 Å². The normalized spacial score (nSPS) is 20.6. The number of carbonyl (C=O) groups excluding carboxylic acids is 2. The van der Waals surface area contributed by atoms with E-state index in [0.717, 1.165) is 5.57 Å². The molecule has 1 fully saturated rings. The van der Waals surface area contributed by atoms with Crippen molar-refractivity contribution in [2.24, 2.45) is 4.99 Å². The molecule has 19 heavy (non-hydrogen) atoms. The summed E-state index contributed by atoms with van der Waals surface area (Å²) in [5.41, 5.74) is 1.000. The summed E-state index contributed by atoms with van der Waals surface area (Å²) < 4.78 is 1.45. The van der Waals surface area contributed by atoms with E-state index in [9.17, 15) is 9.59 Å². The number of halogens is 1. The summed E-state index contributed by atoms with van der Waals surface area (Å²) in [5.74, 6) is 0.237. The van der Waals surface area contributed by atoms with E-state index in [1.165, 1.54) is 8.01 Å². The average Bonchev–Trinajstić information content (AvgIpc) is 2.48. The van der Waals surface area contributed by atoms with Crippen LogP contribution in [-0.2, 0) is 4.79 Å². The molecule has 1 aliphatic heterocycles. The molecule has 6 heteroatoms. The van der Waals surface area contributed by atoms with Gasteiger partial charge in [-0.1, -0.05) is 12.5 Å². The predicted octanol–water partition coefficient (Wildman–Crippen LogP) is 3.15. The Labute approximate surface area is 128 Å². The smallest absolute Gasteiger partial charge is 0.271 e. The zero-order chi connectivity index (χ0) is 14.7. The Balaban J connectivity index is 3.21. The fraction of sp³-hybridized carbons (Fsp3) is 0.615. The zero-order valence-corrected chi connectivity index (χ0v) is 14.1. The van der Waals surface area contributed by atoms with Gasteiger partial charge in [0.05, 0.1) is 22.9 Å². The molecule has 0 aromatic heterocycles. The SMILES string of the molecule is CC[C@@H]1C(=O)N(/C(C=C(C)C)=N/C(C)C)C(=O)N1I. The summed E-state index contributed by atoms with van der Waals surface area (Å²) in [7, 11) is 0. The molecule has 0 spiro atoms. The zero-order valence-electron chi connectivity index (χ0n) is 12.0. The molecule has 1 atom stereocenters. The van der Waals surface area contributed by atoms with Crippen LogP contribution in [0, 0.1) is 0 Å². The summed E-state index contributed by atoms with van der Waals surface area (Å²) in [5, 5.41) is 0. The maximum atomic E-state index is 12.3. The molecule has 0 saturated carbocycles. The second-order valence-electron chi connectivity index (χ2n) is 4.99. The average molecular weight is 377 g/mol. The Morgan fingerprint density at radius 2 is 2.00 bits per heavy atom. The number of amidine groups is 1. The second-order valence-corrected chi connectivity index (χ2v) is 6.03. The number of hydrogen-bond donors (Lipinski definition) is 0. The maximum Gasteiger partial charge on any atom is 0.342 e. The molecule has 0 unspecified atom stereocenters. The predicted molar refractivity (Wildman–Crippen MR) is 84.2 cm³/mol. The Morgan fingerprint density at radius 1 is 1.42 bits per heavy atom. The molecule has 1 saturated heterocycles. The van der Waals surface area contributed by atoms with Crippen LogP contribution in [0.4, 0.5) is 4.79 Å². The molecule has 1 rings (SSSR count). The minimum atomic E-state index is -0.393. The maximum absolute atomic E-state index is 12.3. The van der Waals surface area contributed by atoms with Crippen LogP contribution in [0.2, 0.25) is 0 Å². The lowest BCUT2D eigenvalue weighted by molar-refractivity contribution is -0.125. The van der Waals surface area contributed by atoms with Crippen molar-refractivity contribution in [2.75, 3.05) is 0 Å². The quantitative estimate of drug-likeness (QED) is 0.250. The van der Waals surface area contributed by atoms with E-state index in [4.69, 9.17) is 0 Å². The highest BCUT2D eigenvalue weighted by atomic mass is 127. The molecule has 0 radical (unpaired) electrons. The third-order valence-electron chi connectivity index (χ3n) is 2.58. The first kappa shape index (κ1) is 16.1. The standard InChI is InChI=1S/C13H20IN3O2/c1-6-10-12(18)16(13(19)17(10)14)11(7-8(2)3)15-9(4)5/h7,9-10H,6H2,1-5H3/b15-11+/t10-/m1/s1. The minimum Gasteiger partial charge on any atom is -0.271 e. The van der Waals surface area contributed by atoms with Crippen molar-refractivity contribution >= 4 is 40.6 Å². The van der Waals surface area contributed by atoms with Gasteiger partial charge in [-0.25, -0.2) is 9.69 Å². The number of amides is 3. The van der Waals surface area contributed by atoms with Crippen molar-refractivity contribution in [3.63, 3.8) is 0 Å². The summed E-state index contributed by atoms with van der Waals surface area (Å²) in [6.45, 7) is 9.57. The number of rotatable bonds is 3. The third-order valence-corrected chi connectivity index (χ3v) is 3.66. The van der Waals surface area contributed by atoms with Gasteiger partial charge < -0.3 is 0 Å². The molecule has 0 aromatic rings. The number of carbonyl (C=O) groups is 2. The topological polar surface area (TPSA) is 53.0 Å². The van der Waals surface area contributed by atoms with Gasteiger partial charge in [-0.15, -0.1) is 0 Å². The molecule has 0 aromatic carbocycles. The van der Waals surface area contributed by atoms with Crippen LogP contribution in [0.25, 0.3) is 0 Å². The number of nitrogens with zero attached hydrogens (tertiary/aromatic N) is 3. The van der Waals surface area contributed by atoms with Crippen molar-refractivity contribution in [1.82, 2.24) is 8.01 Å². The lowest BCUT2D eigenvalue weighted by Gasteiger charge is -2.15. The van der Waals surface area contributed by atoms with Crippen LogP contribution in [0.5, 0.6) is 0 Å². The number of imide groups is 1. The van der Waals surface area contributed by atoms with Gasteiger partial charge in [-0.05, 0) is 40.2 Å².